The number of hydrogen-bond acceptors (Lipinski definition) is 2. The largest absolute Gasteiger partial charge is 0.343 e. The molecule has 0 aliphatic carbocycles. The molecule has 0 spiro atoms. The lowest BCUT2D eigenvalue weighted by atomic mass is 9.98. The number of nitrogens with zero attached hydrogens (tertiary/aromatic N) is 3. The maximum Gasteiger partial charge on any atom is 0.0550 e. The molecule has 61 heavy (non-hydrogen) atoms. The van der Waals surface area contributed by atoms with Gasteiger partial charge in [0.15, 0.2) is 0 Å². The first-order valence-electron chi connectivity index (χ1n) is 20.9. The van der Waals surface area contributed by atoms with Crippen molar-refractivity contribution in [3.63, 3.8) is 0 Å². The van der Waals surface area contributed by atoms with Gasteiger partial charge in [0.25, 0.3) is 0 Å². The van der Waals surface area contributed by atoms with Gasteiger partial charge in [-0.1, -0.05) is 139 Å². The summed E-state index contributed by atoms with van der Waals surface area (Å²) >= 11 is 1.87. The molecule has 0 fully saturated rings. The summed E-state index contributed by atoms with van der Waals surface area (Å²) in [4.78, 5) is 4.88. The topological polar surface area (TPSA) is 13.1 Å². The Morgan fingerprint density at radius 3 is 1.79 bits per heavy atom. The molecule has 0 bridgehead atoms. The number of benzene rings is 10. The van der Waals surface area contributed by atoms with Crippen LogP contribution in [-0.4, -0.2) is 16.2 Å². The van der Waals surface area contributed by atoms with Gasteiger partial charge in [-0.25, -0.2) is 0 Å². The Bertz CT molecular complexity index is 3760. The van der Waals surface area contributed by atoms with Gasteiger partial charge in [0.1, 0.15) is 0 Å². The first-order chi connectivity index (χ1) is 30.2. The Morgan fingerprint density at radius 1 is 0.344 bits per heavy atom. The number of aromatic nitrogens is 2. The molecule has 0 radical (unpaired) electrons. The van der Waals surface area contributed by atoms with E-state index in [1.54, 1.807) is 0 Å². The molecule has 4 heteroatoms. The van der Waals surface area contributed by atoms with E-state index < -0.39 is 0 Å². The predicted octanol–water partition coefficient (Wildman–Crippen LogP) is 15.8. The van der Waals surface area contributed by atoms with E-state index in [0.29, 0.717) is 0 Å². The van der Waals surface area contributed by atoms with Crippen LogP contribution < -0.4 is 4.90 Å². The minimum Gasteiger partial charge on any atom is -0.343 e. The number of hydrogen-bond donors (Lipinski definition) is 0. The normalized spacial score (nSPS) is 12.6. The van der Waals surface area contributed by atoms with Crippen molar-refractivity contribution in [2.75, 3.05) is 11.9 Å². The van der Waals surface area contributed by atoms with Crippen LogP contribution in [0.1, 0.15) is 0 Å². The highest BCUT2D eigenvalue weighted by Crippen LogP contribution is 2.50. The summed E-state index contributed by atoms with van der Waals surface area (Å²) in [6.07, 6.45) is 0. The van der Waals surface area contributed by atoms with Gasteiger partial charge < -0.3 is 14.0 Å². The van der Waals surface area contributed by atoms with E-state index in [1.807, 2.05) is 11.8 Å². The van der Waals surface area contributed by atoms with Gasteiger partial charge in [0.05, 0.1) is 33.4 Å². The summed E-state index contributed by atoms with van der Waals surface area (Å²) in [7, 11) is 2.19. The van der Waals surface area contributed by atoms with Gasteiger partial charge in [0.2, 0.25) is 0 Å². The fourth-order valence-corrected chi connectivity index (χ4v) is 11.3. The first kappa shape index (κ1) is 34.3. The highest BCUT2D eigenvalue weighted by Gasteiger charge is 2.23. The highest BCUT2D eigenvalue weighted by molar-refractivity contribution is 7.99. The van der Waals surface area contributed by atoms with Crippen molar-refractivity contribution in [1.29, 1.82) is 0 Å². The fourth-order valence-electron chi connectivity index (χ4n) is 10.0. The molecule has 1 aliphatic rings. The van der Waals surface area contributed by atoms with E-state index in [0.717, 1.165) is 5.69 Å². The highest BCUT2D eigenvalue weighted by atomic mass is 32.2. The summed E-state index contributed by atoms with van der Waals surface area (Å²) in [6, 6.07) is 76.0. The number of anilines is 2. The van der Waals surface area contributed by atoms with Crippen LogP contribution in [0.5, 0.6) is 0 Å². The second-order valence-electron chi connectivity index (χ2n) is 16.2. The molecule has 0 saturated heterocycles. The summed E-state index contributed by atoms with van der Waals surface area (Å²) in [6.45, 7) is 0. The molecule has 2 aromatic heterocycles. The lowest BCUT2D eigenvalue weighted by molar-refractivity contribution is 1.11. The van der Waals surface area contributed by atoms with E-state index in [1.165, 1.54) is 114 Å². The SMILES string of the molecule is CN1c2ccc(-c3ccc4c(c3)c3ccccc3n4-c3ccc4c(ccc5c4c4ccccc4n5-c4ccccc4)c3)cc2Sc2cc(-c3cccc4ccccc34)ccc21. The summed E-state index contributed by atoms with van der Waals surface area (Å²) in [5.74, 6) is 0. The fraction of sp³-hybridized carbons (Fsp3) is 0.0175. The molecule has 10 aromatic carbocycles. The molecule has 3 nitrogen and oxygen atoms in total. The van der Waals surface area contributed by atoms with Crippen molar-refractivity contribution in [3.8, 4) is 33.6 Å². The zero-order valence-electron chi connectivity index (χ0n) is 33.4. The average Bonchev–Trinajstić information content (AvgIpc) is 3.84. The van der Waals surface area contributed by atoms with Crippen molar-refractivity contribution < 1.29 is 0 Å². The van der Waals surface area contributed by atoms with Crippen LogP contribution in [0.2, 0.25) is 0 Å². The number of para-hydroxylation sites is 3. The van der Waals surface area contributed by atoms with Gasteiger partial charge in [-0.15, -0.1) is 0 Å². The Kier molecular flexibility index (Phi) is 7.45. The van der Waals surface area contributed by atoms with Crippen LogP contribution in [-0.2, 0) is 0 Å². The third-order valence-electron chi connectivity index (χ3n) is 12.9. The third-order valence-corrected chi connectivity index (χ3v) is 14.0. The Labute approximate surface area is 357 Å². The molecular weight excluding hydrogens is 759 g/mol. The molecule has 3 heterocycles. The van der Waals surface area contributed by atoms with Gasteiger partial charge >= 0.3 is 0 Å². The molecule has 1 aliphatic heterocycles. The summed E-state index contributed by atoms with van der Waals surface area (Å²) < 4.78 is 4.83. The van der Waals surface area contributed by atoms with E-state index in [-0.39, 0.29) is 0 Å². The second kappa shape index (κ2) is 13.2. The van der Waals surface area contributed by atoms with Crippen LogP contribution >= 0.6 is 11.8 Å². The van der Waals surface area contributed by atoms with E-state index in [4.69, 9.17) is 0 Å². The standard InChI is InChI=1S/C57H37N3S/c1-58-52-29-23-38(34-55(52)61-56-35-40(24-30-53(56)58)44-19-11-13-36-12-5-6-16-43(36)44)37-22-28-51-48(33-37)46-17-7-9-20-49(46)60(51)42-26-27-45-39(32-42)25-31-54-57(45)47-18-8-10-21-50(47)59(54)41-14-3-2-4-15-41/h2-35H,1H3. The maximum atomic E-state index is 2.44. The Hall–Kier alpha value is -7.53. The molecular formula is C57H37N3S. The molecule has 0 atom stereocenters. The van der Waals surface area contributed by atoms with Crippen molar-refractivity contribution in [2.24, 2.45) is 0 Å². The van der Waals surface area contributed by atoms with Crippen molar-refractivity contribution in [1.82, 2.24) is 9.13 Å². The summed E-state index contributed by atoms with van der Waals surface area (Å²) in [5, 5.41) is 10.1. The Morgan fingerprint density at radius 2 is 0.951 bits per heavy atom. The number of rotatable bonds is 4. The molecule has 12 aromatic rings. The lowest BCUT2D eigenvalue weighted by Crippen LogP contribution is -2.14. The van der Waals surface area contributed by atoms with Gasteiger partial charge in [-0.05, 0) is 123 Å². The minimum atomic E-state index is 1.16. The molecule has 0 amide bonds. The molecule has 0 unspecified atom stereocenters. The van der Waals surface area contributed by atoms with Crippen LogP contribution in [0.3, 0.4) is 0 Å². The van der Waals surface area contributed by atoms with Gasteiger partial charge in [-0.3, -0.25) is 0 Å². The molecule has 0 saturated carbocycles. The van der Waals surface area contributed by atoms with Crippen molar-refractivity contribution >= 4 is 88.3 Å². The van der Waals surface area contributed by atoms with Crippen LogP contribution in [0.15, 0.2) is 216 Å². The third kappa shape index (κ3) is 5.19. The second-order valence-corrected chi connectivity index (χ2v) is 17.3. The Balaban J connectivity index is 0.901. The van der Waals surface area contributed by atoms with Crippen molar-refractivity contribution in [3.05, 3.63) is 206 Å². The average molecular weight is 796 g/mol. The van der Waals surface area contributed by atoms with Crippen LogP contribution in [0.25, 0.3) is 98.8 Å². The van der Waals surface area contributed by atoms with Gasteiger partial charge in [-0.2, -0.15) is 0 Å². The molecule has 0 N–H and O–H groups in total. The first-order valence-corrected chi connectivity index (χ1v) is 21.7. The molecule has 286 valence electrons. The smallest absolute Gasteiger partial charge is 0.0550 e. The van der Waals surface area contributed by atoms with Crippen LogP contribution in [0.4, 0.5) is 11.4 Å². The zero-order valence-corrected chi connectivity index (χ0v) is 34.2. The van der Waals surface area contributed by atoms with E-state index in [9.17, 15) is 0 Å². The molecule has 13 rings (SSSR count). The zero-order chi connectivity index (χ0) is 40.2. The minimum absolute atomic E-state index is 1.16. The maximum absolute atomic E-state index is 2.44. The van der Waals surface area contributed by atoms with E-state index >= 15 is 0 Å². The van der Waals surface area contributed by atoms with Crippen LogP contribution in [0, 0.1) is 0 Å². The predicted molar refractivity (Wildman–Crippen MR) is 260 cm³/mol. The number of fused-ring (bicyclic) bond motifs is 11. The van der Waals surface area contributed by atoms with Crippen molar-refractivity contribution in [2.45, 2.75) is 9.79 Å². The summed E-state index contributed by atoms with van der Waals surface area (Å²) in [5.41, 5.74) is 14.6. The van der Waals surface area contributed by atoms with Gasteiger partial charge in [0, 0.05) is 49.8 Å². The monoisotopic (exact) mass is 795 g/mol. The quantitative estimate of drug-likeness (QED) is 0.176. The lowest BCUT2D eigenvalue weighted by Gasteiger charge is -2.30. The van der Waals surface area contributed by atoms with E-state index in [2.05, 4.69) is 227 Å².